The fourth-order valence-electron chi connectivity index (χ4n) is 4.87. The maximum atomic E-state index is 12.6. The first-order chi connectivity index (χ1) is 22.0. The molecule has 1 aliphatic heterocycles. The predicted molar refractivity (Wildman–Crippen MR) is 174 cm³/mol. The zero-order valence-electron chi connectivity index (χ0n) is 29.0. The van der Waals surface area contributed by atoms with E-state index in [9.17, 15) is 24.0 Å². The van der Waals surface area contributed by atoms with Crippen molar-refractivity contribution in [1.29, 1.82) is 0 Å². The second-order valence-electron chi connectivity index (χ2n) is 12.5. The minimum atomic E-state index is -1.36. The van der Waals surface area contributed by atoms with Crippen molar-refractivity contribution in [3.8, 4) is 0 Å². The van der Waals surface area contributed by atoms with Crippen LogP contribution in [0, 0.1) is 0 Å². The third kappa shape index (κ3) is 18.7. The minimum Gasteiger partial charge on any atom is -0.469 e. The largest absolute Gasteiger partial charge is 0.469 e. The van der Waals surface area contributed by atoms with Crippen LogP contribution < -0.4 is 10.6 Å². The van der Waals surface area contributed by atoms with Gasteiger partial charge in [0.2, 0.25) is 0 Å². The topological polar surface area (TPSA) is 174 Å². The molecule has 6 atom stereocenters. The van der Waals surface area contributed by atoms with Gasteiger partial charge < -0.3 is 43.8 Å². The van der Waals surface area contributed by atoms with Crippen LogP contribution in [0.15, 0.2) is 0 Å². The average Bonchev–Trinajstić information content (AvgIpc) is 2.93. The molecule has 15 heteroatoms. The number of ether oxygens (including phenoxy) is 7. The number of thiocarbonyl (C=S) groups is 1. The van der Waals surface area contributed by atoms with Crippen molar-refractivity contribution < 1.29 is 57.1 Å². The van der Waals surface area contributed by atoms with E-state index in [0.717, 1.165) is 46.5 Å². The van der Waals surface area contributed by atoms with E-state index < -0.39 is 72.3 Å². The van der Waals surface area contributed by atoms with Gasteiger partial charge in [0.1, 0.15) is 24.9 Å². The van der Waals surface area contributed by atoms with E-state index in [0.29, 0.717) is 6.42 Å². The highest BCUT2D eigenvalue weighted by atomic mass is 32.1. The van der Waals surface area contributed by atoms with Gasteiger partial charge in [0.15, 0.2) is 24.5 Å². The van der Waals surface area contributed by atoms with Gasteiger partial charge >= 0.3 is 30.0 Å². The lowest BCUT2D eigenvalue weighted by Gasteiger charge is -2.44. The molecule has 0 bridgehead atoms. The van der Waals surface area contributed by atoms with Crippen LogP contribution in [0.25, 0.3) is 0 Å². The van der Waals surface area contributed by atoms with E-state index in [1.165, 1.54) is 32.6 Å². The number of carbonyl (C=O) groups is 5. The number of rotatable bonds is 18. The summed E-state index contributed by atoms with van der Waals surface area (Å²) in [6.07, 6.45) is 2.51. The predicted octanol–water partition coefficient (Wildman–Crippen LogP) is 4.38. The quantitative estimate of drug-likeness (QED) is 0.0897. The summed E-state index contributed by atoms with van der Waals surface area (Å²) in [5, 5.41) is 5.47. The smallest absolute Gasteiger partial charge is 0.407 e. The minimum absolute atomic E-state index is 0.0210. The number of hydrogen-bond acceptors (Lipinski definition) is 13. The van der Waals surface area contributed by atoms with Crippen molar-refractivity contribution in [2.24, 2.45) is 0 Å². The van der Waals surface area contributed by atoms with E-state index in [1.807, 2.05) is 0 Å². The van der Waals surface area contributed by atoms with Gasteiger partial charge in [-0.25, -0.2) is 4.79 Å². The highest BCUT2D eigenvalue weighted by Gasteiger charge is 2.52. The molecular formula is C32H54N2O12S. The first-order valence-electron chi connectivity index (χ1n) is 16.3. The molecule has 1 amide bonds. The molecule has 1 rings (SSSR count). The van der Waals surface area contributed by atoms with Crippen molar-refractivity contribution >= 4 is 47.4 Å². The molecule has 0 unspecified atom stereocenters. The Balaban J connectivity index is 3.07. The van der Waals surface area contributed by atoms with Gasteiger partial charge in [-0.05, 0) is 39.4 Å². The second kappa shape index (κ2) is 21.6. The average molecular weight is 691 g/mol. The van der Waals surface area contributed by atoms with E-state index in [4.69, 9.17) is 45.4 Å². The summed E-state index contributed by atoms with van der Waals surface area (Å²) in [7, 11) is 0. The highest BCUT2D eigenvalue weighted by molar-refractivity contribution is 7.80. The van der Waals surface area contributed by atoms with Crippen molar-refractivity contribution in [1.82, 2.24) is 10.6 Å². The summed E-state index contributed by atoms with van der Waals surface area (Å²) in [6, 6.07) is -0.444. The molecule has 0 aromatic carbocycles. The molecule has 1 saturated heterocycles. The van der Waals surface area contributed by atoms with Crippen LogP contribution in [0.5, 0.6) is 0 Å². The zero-order chi connectivity index (χ0) is 35.6. The number of esters is 4. The Morgan fingerprint density at radius 1 is 0.745 bits per heavy atom. The van der Waals surface area contributed by atoms with E-state index >= 15 is 0 Å². The van der Waals surface area contributed by atoms with Crippen LogP contribution in [0.2, 0.25) is 0 Å². The van der Waals surface area contributed by atoms with Gasteiger partial charge in [0.25, 0.3) is 5.17 Å². The lowest BCUT2D eigenvalue weighted by atomic mass is 9.97. The monoisotopic (exact) mass is 690 g/mol. The van der Waals surface area contributed by atoms with Gasteiger partial charge in [-0.15, -0.1) is 0 Å². The van der Waals surface area contributed by atoms with Crippen molar-refractivity contribution in [3.63, 3.8) is 0 Å². The van der Waals surface area contributed by atoms with Gasteiger partial charge in [0, 0.05) is 27.7 Å². The fraction of sp³-hybridized carbons (Fsp3) is 0.812. The Kier molecular flexibility index (Phi) is 19.2. The molecule has 1 fully saturated rings. The number of nitrogens with one attached hydrogen (secondary N) is 2. The van der Waals surface area contributed by atoms with Gasteiger partial charge in [0.05, 0.1) is 6.04 Å². The molecule has 0 spiro atoms. The Bertz CT molecular complexity index is 1030. The summed E-state index contributed by atoms with van der Waals surface area (Å²) in [4.78, 5) is 60.3. The SMILES string of the molecule is CCCCCCCCCC[C@H](COC(=S)N[C@H]1O[C@H](COC(C)=O)[C@@H](OC(C)=O)[C@H](OC(C)=O)[C@H]1OC(C)=O)NC(=O)OC(C)(C)C. The van der Waals surface area contributed by atoms with E-state index in [2.05, 4.69) is 17.6 Å². The lowest BCUT2D eigenvalue weighted by Crippen LogP contribution is -2.66. The van der Waals surface area contributed by atoms with Crippen LogP contribution >= 0.6 is 12.2 Å². The lowest BCUT2D eigenvalue weighted by molar-refractivity contribution is -0.255. The molecule has 0 radical (unpaired) electrons. The van der Waals surface area contributed by atoms with Crippen molar-refractivity contribution in [3.05, 3.63) is 0 Å². The fourth-order valence-corrected chi connectivity index (χ4v) is 5.06. The van der Waals surface area contributed by atoms with Crippen LogP contribution in [0.4, 0.5) is 4.79 Å². The Hall–Kier alpha value is -3.20. The highest BCUT2D eigenvalue weighted by Crippen LogP contribution is 2.28. The van der Waals surface area contributed by atoms with Gasteiger partial charge in [-0.3, -0.25) is 19.2 Å². The van der Waals surface area contributed by atoms with Crippen molar-refractivity contribution in [2.45, 2.75) is 155 Å². The number of hydrogen-bond donors (Lipinski definition) is 2. The molecular weight excluding hydrogens is 636 g/mol. The van der Waals surface area contributed by atoms with Crippen LogP contribution in [0.3, 0.4) is 0 Å². The molecule has 14 nitrogen and oxygen atoms in total. The Morgan fingerprint density at radius 2 is 1.28 bits per heavy atom. The van der Waals surface area contributed by atoms with Crippen LogP contribution in [-0.2, 0) is 52.3 Å². The number of unbranched alkanes of at least 4 members (excludes halogenated alkanes) is 7. The summed E-state index contributed by atoms with van der Waals surface area (Å²) in [5.41, 5.74) is -0.694. The Morgan fingerprint density at radius 3 is 1.81 bits per heavy atom. The molecule has 1 aliphatic rings. The molecule has 0 aliphatic carbocycles. The normalized spacial score (nSPS) is 21.4. The zero-order valence-corrected chi connectivity index (χ0v) is 29.9. The van der Waals surface area contributed by atoms with E-state index in [-0.39, 0.29) is 18.4 Å². The molecule has 0 aromatic rings. The second-order valence-corrected chi connectivity index (χ2v) is 12.8. The first-order valence-corrected chi connectivity index (χ1v) is 16.7. The molecule has 270 valence electrons. The van der Waals surface area contributed by atoms with Gasteiger partial charge in [-0.2, -0.15) is 0 Å². The molecule has 2 N–H and O–H groups in total. The number of alkyl carbamates (subject to hydrolysis) is 1. The van der Waals surface area contributed by atoms with Crippen molar-refractivity contribution in [2.75, 3.05) is 13.2 Å². The summed E-state index contributed by atoms with van der Waals surface area (Å²) >= 11 is 5.42. The standard InChI is InChI=1S/C32H54N2O12S/c1-9-10-11-12-13-14-15-16-17-24(33-30(39)46-32(6,7)8)18-41-31(47)34-29-28(44-23(5)38)27(43-22(4)37)26(42-21(3)36)25(45-29)19-40-20(2)35/h24-29H,9-19H2,1-8H3,(H,33,39)(H,34,47)/t24-,25-,26-,27+,28-,29+/m1/s1. The summed E-state index contributed by atoms with van der Waals surface area (Å²) < 4.78 is 38.6. The molecule has 1 heterocycles. The maximum absolute atomic E-state index is 12.6. The number of carbonyl (C=O) groups excluding carboxylic acids is 5. The number of amides is 1. The molecule has 0 aromatic heterocycles. The summed E-state index contributed by atoms with van der Waals surface area (Å²) in [6.45, 7) is 11.7. The third-order valence-corrected chi connectivity index (χ3v) is 7.03. The molecule has 47 heavy (non-hydrogen) atoms. The van der Waals surface area contributed by atoms with Gasteiger partial charge in [-0.1, -0.05) is 58.3 Å². The maximum Gasteiger partial charge on any atom is 0.407 e. The van der Waals surface area contributed by atoms with Crippen LogP contribution in [0.1, 0.15) is 113 Å². The Labute approximate surface area is 283 Å². The van der Waals surface area contributed by atoms with Crippen LogP contribution in [-0.4, -0.2) is 90.6 Å². The third-order valence-electron chi connectivity index (χ3n) is 6.79. The van der Waals surface area contributed by atoms with E-state index in [1.54, 1.807) is 20.8 Å². The first kappa shape index (κ1) is 41.8. The molecule has 0 saturated carbocycles. The summed E-state index contributed by atoms with van der Waals surface area (Å²) in [5.74, 6) is -2.88.